The molecule has 1 amide bonds. The van der Waals surface area contributed by atoms with Crippen molar-refractivity contribution in [1.29, 1.82) is 0 Å². The van der Waals surface area contributed by atoms with Gasteiger partial charge in [0.05, 0.1) is 0 Å². The van der Waals surface area contributed by atoms with Gasteiger partial charge in [0.25, 0.3) is 0 Å². The van der Waals surface area contributed by atoms with Gasteiger partial charge in [0.15, 0.2) is 0 Å². The highest BCUT2D eigenvalue weighted by Crippen LogP contribution is 2.28. The van der Waals surface area contributed by atoms with Crippen molar-refractivity contribution in [3.8, 4) is 0 Å². The highest BCUT2D eigenvalue weighted by molar-refractivity contribution is 5.94. The van der Waals surface area contributed by atoms with E-state index in [4.69, 9.17) is 0 Å². The molecule has 1 N–H and O–H groups in total. The van der Waals surface area contributed by atoms with Gasteiger partial charge in [-0.25, -0.2) is 0 Å². The molecule has 1 heterocycles. The van der Waals surface area contributed by atoms with Crippen LogP contribution in [0.2, 0.25) is 0 Å². The Balaban J connectivity index is 0.00000176. The molecule has 0 radical (unpaired) electrons. The molecule has 4 heteroatoms. The molecule has 3 nitrogen and oxygen atoms in total. The Bertz CT molecular complexity index is 486. The first-order valence-electron chi connectivity index (χ1n) is 8.43. The molecular weight excluding hydrogens is 296 g/mol. The molecule has 1 aliphatic carbocycles. The molecule has 0 bridgehead atoms. The van der Waals surface area contributed by atoms with Gasteiger partial charge in [0.2, 0.25) is 5.91 Å². The van der Waals surface area contributed by atoms with Crippen LogP contribution < -0.4 is 10.2 Å². The van der Waals surface area contributed by atoms with Gasteiger partial charge in [-0.15, -0.1) is 12.4 Å². The van der Waals surface area contributed by atoms with E-state index in [1.807, 2.05) is 11.0 Å². The predicted molar refractivity (Wildman–Crippen MR) is 93.6 cm³/mol. The first-order valence-corrected chi connectivity index (χ1v) is 8.43. The van der Waals surface area contributed by atoms with Crippen LogP contribution in [-0.2, 0) is 11.3 Å². The van der Waals surface area contributed by atoms with Crippen molar-refractivity contribution in [3.05, 3.63) is 29.8 Å². The smallest absolute Gasteiger partial charge is 0.227 e. The van der Waals surface area contributed by atoms with E-state index < -0.39 is 0 Å². The van der Waals surface area contributed by atoms with Crippen LogP contribution >= 0.6 is 12.4 Å². The first-order chi connectivity index (χ1) is 10.3. The van der Waals surface area contributed by atoms with E-state index in [1.54, 1.807) is 0 Å². The fraction of sp³-hybridized carbons (Fsp3) is 0.611. The number of carbonyl (C=O) groups excluding carboxylic acids is 1. The second kappa shape index (κ2) is 8.54. The summed E-state index contributed by atoms with van der Waals surface area (Å²) >= 11 is 0. The van der Waals surface area contributed by atoms with Crippen molar-refractivity contribution in [1.82, 2.24) is 5.32 Å². The maximum absolute atomic E-state index is 12.7. The van der Waals surface area contributed by atoms with Crippen LogP contribution in [0.15, 0.2) is 24.3 Å². The van der Waals surface area contributed by atoms with Crippen LogP contribution in [0, 0.1) is 5.92 Å². The van der Waals surface area contributed by atoms with Crippen LogP contribution in [0.5, 0.6) is 0 Å². The zero-order chi connectivity index (χ0) is 14.5. The normalized spacial score (nSPS) is 19.0. The van der Waals surface area contributed by atoms with Crippen molar-refractivity contribution in [2.24, 2.45) is 5.92 Å². The van der Waals surface area contributed by atoms with E-state index in [0.717, 1.165) is 37.7 Å². The Hall–Kier alpha value is -1.06. The van der Waals surface area contributed by atoms with E-state index in [1.165, 1.54) is 37.7 Å². The fourth-order valence-corrected chi connectivity index (χ4v) is 3.66. The lowest BCUT2D eigenvalue weighted by Crippen LogP contribution is -2.34. The quantitative estimate of drug-likeness (QED) is 0.915. The van der Waals surface area contributed by atoms with Crippen molar-refractivity contribution < 1.29 is 4.79 Å². The summed E-state index contributed by atoms with van der Waals surface area (Å²) in [5.41, 5.74) is 2.34. The monoisotopic (exact) mass is 322 g/mol. The van der Waals surface area contributed by atoms with Crippen LogP contribution in [0.4, 0.5) is 5.69 Å². The van der Waals surface area contributed by atoms with Gasteiger partial charge in [-0.2, -0.15) is 0 Å². The van der Waals surface area contributed by atoms with Crippen LogP contribution in [-0.4, -0.2) is 19.0 Å². The van der Waals surface area contributed by atoms with Gasteiger partial charge < -0.3 is 10.2 Å². The maximum atomic E-state index is 12.7. The average molecular weight is 323 g/mol. The zero-order valence-corrected chi connectivity index (χ0v) is 14.0. The highest BCUT2D eigenvalue weighted by atomic mass is 35.5. The van der Waals surface area contributed by atoms with Crippen LogP contribution in [0.1, 0.15) is 50.5 Å². The summed E-state index contributed by atoms with van der Waals surface area (Å²) in [7, 11) is 0. The Labute approximate surface area is 139 Å². The number of hydrogen-bond acceptors (Lipinski definition) is 2. The average Bonchev–Trinajstić information content (AvgIpc) is 2.76. The van der Waals surface area contributed by atoms with E-state index in [9.17, 15) is 4.79 Å². The number of nitrogens with one attached hydrogen (secondary N) is 1. The molecule has 122 valence electrons. The number of carbonyl (C=O) groups is 1. The number of amides is 1. The molecule has 1 aromatic rings. The SMILES string of the molecule is Cl.O=C(CCC1CCCCC1)N1CCNCc2ccccc21. The minimum absolute atomic E-state index is 0. The molecule has 0 spiro atoms. The summed E-state index contributed by atoms with van der Waals surface area (Å²) in [4.78, 5) is 14.7. The Morgan fingerprint density at radius 1 is 1.18 bits per heavy atom. The molecule has 1 aliphatic heterocycles. The summed E-state index contributed by atoms with van der Waals surface area (Å²) in [6, 6.07) is 8.29. The van der Waals surface area contributed by atoms with Crippen LogP contribution in [0.3, 0.4) is 0 Å². The first kappa shape index (κ1) is 17.3. The molecule has 3 rings (SSSR count). The number of fused-ring (bicyclic) bond motifs is 1. The van der Waals surface area contributed by atoms with Gasteiger partial charge in [0, 0.05) is 31.7 Å². The lowest BCUT2D eigenvalue weighted by atomic mass is 9.86. The number of nitrogens with zero attached hydrogens (tertiary/aromatic N) is 1. The van der Waals surface area contributed by atoms with Crippen LogP contribution in [0.25, 0.3) is 0 Å². The zero-order valence-electron chi connectivity index (χ0n) is 13.2. The van der Waals surface area contributed by atoms with Gasteiger partial charge in [-0.1, -0.05) is 50.3 Å². The van der Waals surface area contributed by atoms with Crippen molar-refractivity contribution in [2.45, 2.75) is 51.5 Å². The van der Waals surface area contributed by atoms with Gasteiger partial charge in [-0.05, 0) is 24.0 Å². The lowest BCUT2D eigenvalue weighted by Gasteiger charge is -2.25. The molecule has 1 fully saturated rings. The molecular formula is C18H27ClN2O. The lowest BCUT2D eigenvalue weighted by molar-refractivity contribution is -0.118. The number of para-hydroxylation sites is 1. The minimum atomic E-state index is 0. The van der Waals surface area contributed by atoms with Gasteiger partial charge >= 0.3 is 0 Å². The van der Waals surface area contributed by atoms with Crippen molar-refractivity contribution in [3.63, 3.8) is 0 Å². The van der Waals surface area contributed by atoms with Gasteiger partial charge in [0.1, 0.15) is 0 Å². The van der Waals surface area contributed by atoms with Crippen molar-refractivity contribution >= 4 is 24.0 Å². The number of rotatable bonds is 3. The van der Waals surface area contributed by atoms with E-state index in [2.05, 4.69) is 23.5 Å². The van der Waals surface area contributed by atoms with E-state index in [-0.39, 0.29) is 12.4 Å². The van der Waals surface area contributed by atoms with Gasteiger partial charge in [-0.3, -0.25) is 4.79 Å². The molecule has 1 aromatic carbocycles. The Morgan fingerprint density at radius 2 is 1.95 bits per heavy atom. The second-order valence-electron chi connectivity index (χ2n) is 6.39. The number of benzene rings is 1. The molecule has 2 aliphatic rings. The summed E-state index contributed by atoms with van der Waals surface area (Å²) < 4.78 is 0. The van der Waals surface area contributed by atoms with Crippen molar-refractivity contribution in [2.75, 3.05) is 18.0 Å². The summed E-state index contributed by atoms with van der Waals surface area (Å²) in [6.07, 6.45) is 8.53. The third kappa shape index (κ3) is 4.23. The predicted octanol–water partition coefficient (Wildman–Crippen LogP) is 3.91. The molecule has 0 atom stereocenters. The highest BCUT2D eigenvalue weighted by Gasteiger charge is 2.22. The maximum Gasteiger partial charge on any atom is 0.227 e. The molecule has 1 saturated carbocycles. The molecule has 22 heavy (non-hydrogen) atoms. The third-order valence-electron chi connectivity index (χ3n) is 4.90. The fourth-order valence-electron chi connectivity index (χ4n) is 3.66. The molecule has 0 aromatic heterocycles. The number of anilines is 1. The molecule has 0 saturated heterocycles. The summed E-state index contributed by atoms with van der Waals surface area (Å²) in [5, 5.41) is 3.40. The number of hydrogen-bond donors (Lipinski definition) is 1. The van der Waals surface area contributed by atoms with E-state index in [0.29, 0.717) is 12.3 Å². The molecule has 0 unspecified atom stereocenters. The standard InChI is InChI=1S/C18H26N2O.ClH/c21-18(11-10-15-6-2-1-3-7-15)20-13-12-19-14-16-8-4-5-9-17(16)20;/h4-5,8-9,15,19H,1-3,6-7,10-14H2;1H. The third-order valence-corrected chi connectivity index (χ3v) is 4.90. The van der Waals surface area contributed by atoms with E-state index >= 15 is 0 Å². The summed E-state index contributed by atoms with van der Waals surface area (Å²) in [6.45, 7) is 2.53. The second-order valence-corrected chi connectivity index (χ2v) is 6.39. The Morgan fingerprint density at radius 3 is 2.77 bits per heavy atom. The largest absolute Gasteiger partial charge is 0.311 e. The topological polar surface area (TPSA) is 32.3 Å². The Kier molecular flexibility index (Phi) is 6.71. The summed E-state index contributed by atoms with van der Waals surface area (Å²) in [5.74, 6) is 1.08. The number of halogens is 1. The minimum Gasteiger partial charge on any atom is -0.311 e.